The van der Waals surface area contributed by atoms with E-state index in [2.05, 4.69) is 16.9 Å². The molecule has 76 valence electrons. The summed E-state index contributed by atoms with van der Waals surface area (Å²) >= 11 is 5.78. The van der Waals surface area contributed by atoms with E-state index in [1.54, 1.807) is 6.20 Å². The van der Waals surface area contributed by atoms with Crippen molar-refractivity contribution < 1.29 is 0 Å². The maximum atomic E-state index is 5.78. The molecule has 0 aliphatic heterocycles. The Morgan fingerprint density at radius 1 is 1.50 bits per heavy atom. The lowest BCUT2D eigenvalue weighted by Crippen LogP contribution is -2.29. The number of aromatic nitrogens is 1. The van der Waals surface area contributed by atoms with Crippen LogP contribution in [-0.2, 0) is 0 Å². The van der Waals surface area contributed by atoms with Gasteiger partial charge in [0.1, 0.15) is 5.82 Å². The van der Waals surface area contributed by atoms with Crippen molar-refractivity contribution in [1.82, 2.24) is 4.98 Å². The van der Waals surface area contributed by atoms with Gasteiger partial charge in [0.05, 0.1) is 5.02 Å². The van der Waals surface area contributed by atoms with Crippen molar-refractivity contribution in [2.45, 2.75) is 19.3 Å². The first-order chi connectivity index (χ1) is 6.75. The van der Waals surface area contributed by atoms with Crippen molar-refractivity contribution in [3.8, 4) is 0 Å². The number of nitrogens with zero attached hydrogens (tertiary/aromatic N) is 2. The topological polar surface area (TPSA) is 16.1 Å². The summed E-state index contributed by atoms with van der Waals surface area (Å²) < 4.78 is 0. The van der Waals surface area contributed by atoms with Crippen molar-refractivity contribution in [3.63, 3.8) is 0 Å². The van der Waals surface area contributed by atoms with E-state index in [1.807, 2.05) is 12.1 Å². The van der Waals surface area contributed by atoms with Crippen LogP contribution < -0.4 is 4.90 Å². The SMILES string of the molecule is CN(CC1CCC1)c1ccc(Cl)cn1. The van der Waals surface area contributed by atoms with Gasteiger partial charge in [-0.25, -0.2) is 4.98 Å². The minimum atomic E-state index is 0.700. The van der Waals surface area contributed by atoms with Crippen molar-refractivity contribution in [2.75, 3.05) is 18.5 Å². The zero-order chi connectivity index (χ0) is 9.97. The Kier molecular flexibility index (Phi) is 2.92. The largest absolute Gasteiger partial charge is 0.359 e. The average molecular weight is 211 g/mol. The molecule has 14 heavy (non-hydrogen) atoms. The fraction of sp³-hybridized carbons (Fsp3) is 0.545. The summed E-state index contributed by atoms with van der Waals surface area (Å²) in [5, 5.41) is 0.700. The number of hydrogen-bond acceptors (Lipinski definition) is 2. The predicted octanol–water partition coefficient (Wildman–Crippen LogP) is 2.97. The second kappa shape index (κ2) is 4.18. The molecule has 0 amide bonds. The summed E-state index contributed by atoms with van der Waals surface area (Å²) in [4.78, 5) is 6.49. The summed E-state index contributed by atoms with van der Waals surface area (Å²) in [6, 6.07) is 3.86. The van der Waals surface area contributed by atoms with Crippen molar-refractivity contribution in [1.29, 1.82) is 0 Å². The van der Waals surface area contributed by atoms with Crippen LogP contribution >= 0.6 is 11.6 Å². The molecular weight excluding hydrogens is 196 g/mol. The third-order valence-corrected chi connectivity index (χ3v) is 3.08. The normalized spacial score (nSPS) is 16.4. The highest BCUT2D eigenvalue weighted by atomic mass is 35.5. The van der Waals surface area contributed by atoms with Crippen LogP contribution in [0.25, 0.3) is 0 Å². The third kappa shape index (κ3) is 2.18. The molecular formula is C11H15ClN2. The molecule has 3 heteroatoms. The van der Waals surface area contributed by atoms with E-state index in [-0.39, 0.29) is 0 Å². The number of rotatable bonds is 3. The minimum Gasteiger partial charge on any atom is -0.359 e. The lowest BCUT2D eigenvalue weighted by molar-refractivity contribution is 0.321. The van der Waals surface area contributed by atoms with Crippen LogP contribution in [0.4, 0.5) is 5.82 Å². The first-order valence-corrected chi connectivity index (χ1v) is 5.46. The molecule has 2 nitrogen and oxygen atoms in total. The van der Waals surface area contributed by atoms with Gasteiger partial charge in [0.25, 0.3) is 0 Å². The van der Waals surface area contributed by atoms with Gasteiger partial charge in [-0.3, -0.25) is 0 Å². The molecule has 0 bridgehead atoms. The van der Waals surface area contributed by atoms with Gasteiger partial charge in [-0.2, -0.15) is 0 Å². The molecule has 0 radical (unpaired) electrons. The standard InChI is InChI=1S/C11H15ClN2/c1-14(8-9-3-2-4-9)11-6-5-10(12)7-13-11/h5-7,9H,2-4,8H2,1H3. The number of halogens is 1. The first-order valence-electron chi connectivity index (χ1n) is 5.08. The van der Waals surface area contributed by atoms with Crippen LogP contribution in [0.3, 0.4) is 0 Å². The molecule has 0 aromatic carbocycles. The molecule has 1 aliphatic rings. The quantitative estimate of drug-likeness (QED) is 0.763. The first kappa shape index (κ1) is 9.78. The van der Waals surface area contributed by atoms with E-state index in [9.17, 15) is 0 Å². The number of hydrogen-bond donors (Lipinski definition) is 0. The molecule has 1 saturated carbocycles. The van der Waals surface area contributed by atoms with E-state index >= 15 is 0 Å². The van der Waals surface area contributed by atoms with Gasteiger partial charge in [-0.15, -0.1) is 0 Å². The van der Waals surface area contributed by atoms with E-state index < -0.39 is 0 Å². The monoisotopic (exact) mass is 210 g/mol. The van der Waals surface area contributed by atoms with Gasteiger partial charge in [0.2, 0.25) is 0 Å². The van der Waals surface area contributed by atoms with Crippen LogP contribution in [0.2, 0.25) is 5.02 Å². The Hall–Kier alpha value is -0.760. The molecule has 2 rings (SSSR count). The van der Waals surface area contributed by atoms with Crippen molar-refractivity contribution >= 4 is 17.4 Å². The zero-order valence-electron chi connectivity index (χ0n) is 8.41. The van der Waals surface area contributed by atoms with Gasteiger partial charge in [0.15, 0.2) is 0 Å². The smallest absolute Gasteiger partial charge is 0.128 e. The Bertz CT molecular complexity index is 293. The summed E-state index contributed by atoms with van der Waals surface area (Å²) in [5.41, 5.74) is 0. The van der Waals surface area contributed by atoms with E-state index in [4.69, 9.17) is 11.6 Å². The summed E-state index contributed by atoms with van der Waals surface area (Å²) in [6.45, 7) is 1.12. The minimum absolute atomic E-state index is 0.700. The molecule has 1 aliphatic carbocycles. The van der Waals surface area contributed by atoms with Gasteiger partial charge in [0, 0.05) is 19.8 Å². The number of anilines is 1. The van der Waals surface area contributed by atoms with Crippen LogP contribution in [0, 0.1) is 5.92 Å². The zero-order valence-corrected chi connectivity index (χ0v) is 9.17. The third-order valence-electron chi connectivity index (χ3n) is 2.86. The molecule has 0 atom stereocenters. The van der Waals surface area contributed by atoms with Crippen molar-refractivity contribution in [3.05, 3.63) is 23.4 Å². The summed E-state index contributed by atoms with van der Waals surface area (Å²) in [7, 11) is 2.09. The second-order valence-corrected chi connectivity index (χ2v) is 4.45. The summed E-state index contributed by atoms with van der Waals surface area (Å²) in [5.74, 6) is 1.89. The van der Waals surface area contributed by atoms with E-state index in [0.717, 1.165) is 18.3 Å². The van der Waals surface area contributed by atoms with E-state index in [0.29, 0.717) is 5.02 Å². The Morgan fingerprint density at radius 2 is 2.29 bits per heavy atom. The molecule has 0 unspecified atom stereocenters. The lowest BCUT2D eigenvalue weighted by atomic mass is 9.85. The molecule has 0 saturated heterocycles. The average Bonchev–Trinajstić information content (AvgIpc) is 2.12. The molecule has 1 fully saturated rings. The van der Waals surface area contributed by atoms with Gasteiger partial charge in [-0.05, 0) is 30.9 Å². The Balaban J connectivity index is 1.95. The van der Waals surface area contributed by atoms with Crippen LogP contribution in [0.15, 0.2) is 18.3 Å². The van der Waals surface area contributed by atoms with Gasteiger partial charge >= 0.3 is 0 Å². The molecule has 1 aromatic rings. The predicted molar refractivity (Wildman–Crippen MR) is 59.9 cm³/mol. The fourth-order valence-electron chi connectivity index (χ4n) is 1.75. The maximum Gasteiger partial charge on any atom is 0.128 e. The Labute approximate surface area is 89.9 Å². The molecule has 0 spiro atoms. The fourth-order valence-corrected chi connectivity index (χ4v) is 1.86. The van der Waals surface area contributed by atoms with Crippen LogP contribution in [-0.4, -0.2) is 18.6 Å². The van der Waals surface area contributed by atoms with Gasteiger partial charge < -0.3 is 4.90 Å². The highest BCUT2D eigenvalue weighted by Gasteiger charge is 2.19. The Morgan fingerprint density at radius 3 is 2.79 bits per heavy atom. The molecule has 1 aromatic heterocycles. The number of pyridine rings is 1. The highest BCUT2D eigenvalue weighted by Crippen LogP contribution is 2.27. The summed E-state index contributed by atoms with van der Waals surface area (Å²) in [6.07, 6.45) is 5.84. The van der Waals surface area contributed by atoms with E-state index in [1.165, 1.54) is 19.3 Å². The maximum absolute atomic E-state index is 5.78. The second-order valence-electron chi connectivity index (χ2n) is 4.01. The highest BCUT2D eigenvalue weighted by molar-refractivity contribution is 6.30. The molecule has 0 N–H and O–H groups in total. The molecule has 1 heterocycles. The van der Waals surface area contributed by atoms with Gasteiger partial charge in [-0.1, -0.05) is 18.0 Å². The van der Waals surface area contributed by atoms with Crippen molar-refractivity contribution in [2.24, 2.45) is 5.92 Å². The van der Waals surface area contributed by atoms with Crippen LogP contribution in [0.1, 0.15) is 19.3 Å². The lowest BCUT2D eigenvalue weighted by Gasteiger charge is -2.30. The van der Waals surface area contributed by atoms with Crippen LogP contribution in [0.5, 0.6) is 0 Å².